The lowest BCUT2D eigenvalue weighted by Gasteiger charge is -2.31. The normalized spacial score (nSPS) is 17.0. The number of likely N-dealkylation sites (tertiary alicyclic amines) is 1. The minimum absolute atomic E-state index is 0.322. The Balaban J connectivity index is 1.89. The molecule has 1 saturated heterocycles. The van der Waals surface area contributed by atoms with Crippen LogP contribution in [0.2, 0.25) is 0 Å². The van der Waals surface area contributed by atoms with Crippen molar-refractivity contribution in [1.82, 2.24) is 19.4 Å². The van der Waals surface area contributed by atoms with Crippen molar-refractivity contribution < 1.29 is 9.90 Å². The predicted molar refractivity (Wildman–Crippen MR) is 70.1 cm³/mol. The minimum atomic E-state index is -0.824. The van der Waals surface area contributed by atoms with Crippen molar-refractivity contribution >= 4 is 17.1 Å². The van der Waals surface area contributed by atoms with Crippen molar-refractivity contribution in [3.63, 3.8) is 0 Å². The van der Waals surface area contributed by atoms with Crippen molar-refractivity contribution in [3.05, 3.63) is 24.3 Å². The molecule has 1 aliphatic rings. The van der Waals surface area contributed by atoms with E-state index in [2.05, 4.69) is 14.5 Å². The second kappa shape index (κ2) is 4.53. The molecule has 0 aromatic carbocycles. The highest BCUT2D eigenvalue weighted by atomic mass is 16.4. The number of nitrogens with zero attached hydrogens (tertiary/aromatic N) is 4. The Bertz CT molecular complexity index is 614. The van der Waals surface area contributed by atoms with Gasteiger partial charge in [0.15, 0.2) is 0 Å². The Morgan fingerprint density at radius 2 is 2.16 bits per heavy atom. The van der Waals surface area contributed by atoms with Crippen LogP contribution in [-0.2, 0) is 0 Å². The molecule has 0 atom stereocenters. The van der Waals surface area contributed by atoms with E-state index in [1.165, 1.54) is 4.90 Å². The summed E-state index contributed by atoms with van der Waals surface area (Å²) >= 11 is 0. The number of amides is 1. The van der Waals surface area contributed by atoms with Gasteiger partial charge >= 0.3 is 6.09 Å². The van der Waals surface area contributed by atoms with Gasteiger partial charge in [0.1, 0.15) is 11.3 Å². The molecule has 3 rings (SSSR count). The van der Waals surface area contributed by atoms with E-state index in [9.17, 15) is 4.79 Å². The van der Waals surface area contributed by atoms with Crippen molar-refractivity contribution in [2.75, 3.05) is 13.1 Å². The van der Waals surface area contributed by atoms with Gasteiger partial charge in [-0.3, -0.25) is 4.98 Å². The number of aryl methyl sites for hydroxylation is 1. The number of hydrogen-bond acceptors (Lipinski definition) is 3. The van der Waals surface area contributed by atoms with Gasteiger partial charge in [0.05, 0.1) is 11.7 Å². The van der Waals surface area contributed by atoms with Gasteiger partial charge in [-0.25, -0.2) is 9.78 Å². The number of hydrogen-bond donors (Lipinski definition) is 1. The summed E-state index contributed by atoms with van der Waals surface area (Å²) in [4.78, 5) is 21.0. The molecule has 6 nitrogen and oxygen atoms in total. The van der Waals surface area contributed by atoms with Crippen molar-refractivity contribution in [2.24, 2.45) is 0 Å². The van der Waals surface area contributed by atoms with Crippen LogP contribution in [0.1, 0.15) is 24.7 Å². The molecule has 0 unspecified atom stereocenters. The molecule has 3 heterocycles. The second-order valence-electron chi connectivity index (χ2n) is 4.89. The lowest BCUT2D eigenvalue weighted by atomic mass is 10.0. The van der Waals surface area contributed by atoms with Crippen LogP contribution >= 0.6 is 0 Å². The molecule has 0 bridgehead atoms. The van der Waals surface area contributed by atoms with Crippen LogP contribution in [-0.4, -0.2) is 43.7 Å². The van der Waals surface area contributed by atoms with Gasteiger partial charge in [0, 0.05) is 25.3 Å². The maximum Gasteiger partial charge on any atom is 0.407 e. The molecule has 1 amide bonds. The van der Waals surface area contributed by atoms with Crippen LogP contribution in [0.15, 0.2) is 18.5 Å². The van der Waals surface area contributed by atoms with E-state index >= 15 is 0 Å². The number of aromatic nitrogens is 3. The van der Waals surface area contributed by atoms with Gasteiger partial charge in [0.2, 0.25) is 0 Å². The fraction of sp³-hybridized carbons (Fsp3) is 0.462. The first kappa shape index (κ1) is 12.0. The molecular formula is C13H16N4O2. The zero-order valence-electron chi connectivity index (χ0n) is 10.8. The fourth-order valence-corrected chi connectivity index (χ4v) is 2.85. The lowest BCUT2D eigenvalue weighted by Crippen LogP contribution is -2.38. The smallest absolute Gasteiger partial charge is 0.407 e. The first-order valence-corrected chi connectivity index (χ1v) is 6.43. The number of carboxylic acid groups (broad SMARTS) is 1. The standard InChI is InChI=1S/C13H16N4O2/c1-9-15-11-8-14-5-2-12(11)17(9)10-3-6-16(7-4-10)13(18)19/h2,5,8,10H,3-4,6-7H2,1H3,(H,18,19). The van der Waals surface area contributed by atoms with E-state index in [0.717, 1.165) is 29.7 Å². The van der Waals surface area contributed by atoms with Crippen molar-refractivity contribution in [1.29, 1.82) is 0 Å². The molecule has 1 fully saturated rings. The molecule has 1 aliphatic heterocycles. The molecule has 6 heteroatoms. The van der Waals surface area contributed by atoms with E-state index in [4.69, 9.17) is 5.11 Å². The van der Waals surface area contributed by atoms with Gasteiger partial charge in [-0.2, -0.15) is 0 Å². The van der Waals surface area contributed by atoms with Crippen LogP contribution in [0.5, 0.6) is 0 Å². The number of fused-ring (bicyclic) bond motifs is 1. The third kappa shape index (κ3) is 2.03. The summed E-state index contributed by atoms with van der Waals surface area (Å²) in [7, 11) is 0. The van der Waals surface area contributed by atoms with E-state index in [1.807, 2.05) is 13.0 Å². The summed E-state index contributed by atoms with van der Waals surface area (Å²) < 4.78 is 2.22. The fourth-order valence-electron chi connectivity index (χ4n) is 2.85. The summed E-state index contributed by atoms with van der Waals surface area (Å²) in [6, 6.07) is 2.29. The Labute approximate surface area is 110 Å². The molecule has 2 aromatic heterocycles. The largest absolute Gasteiger partial charge is 0.465 e. The zero-order chi connectivity index (χ0) is 13.4. The summed E-state index contributed by atoms with van der Waals surface area (Å²) in [5.41, 5.74) is 1.99. The van der Waals surface area contributed by atoms with E-state index < -0.39 is 6.09 Å². The quantitative estimate of drug-likeness (QED) is 0.851. The van der Waals surface area contributed by atoms with Crippen LogP contribution in [0, 0.1) is 6.92 Å². The third-order valence-electron chi connectivity index (χ3n) is 3.77. The first-order valence-electron chi connectivity index (χ1n) is 6.43. The number of rotatable bonds is 1. The van der Waals surface area contributed by atoms with Crippen LogP contribution < -0.4 is 0 Å². The summed E-state index contributed by atoms with van der Waals surface area (Å²) in [5.74, 6) is 0.969. The molecule has 19 heavy (non-hydrogen) atoms. The highest BCUT2D eigenvalue weighted by Crippen LogP contribution is 2.28. The van der Waals surface area contributed by atoms with E-state index in [0.29, 0.717) is 19.1 Å². The zero-order valence-corrected chi connectivity index (χ0v) is 10.8. The maximum absolute atomic E-state index is 10.9. The van der Waals surface area contributed by atoms with Gasteiger partial charge in [0.25, 0.3) is 0 Å². The molecular weight excluding hydrogens is 244 g/mol. The summed E-state index contributed by atoms with van der Waals surface area (Å²) in [5, 5.41) is 8.98. The molecule has 0 aliphatic carbocycles. The molecule has 2 aromatic rings. The van der Waals surface area contributed by atoms with Crippen LogP contribution in [0.4, 0.5) is 4.79 Å². The lowest BCUT2D eigenvalue weighted by molar-refractivity contribution is 0.126. The van der Waals surface area contributed by atoms with Gasteiger partial charge in [-0.05, 0) is 25.8 Å². The minimum Gasteiger partial charge on any atom is -0.465 e. The van der Waals surface area contributed by atoms with E-state index in [-0.39, 0.29) is 0 Å². The summed E-state index contributed by atoms with van der Waals surface area (Å²) in [6.45, 7) is 3.16. The molecule has 0 saturated carbocycles. The molecule has 0 spiro atoms. The number of piperidine rings is 1. The van der Waals surface area contributed by atoms with Crippen molar-refractivity contribution in [2.45, 2.75) is 25.8 Å². The average Bonchev–Trinajstić information content (AvgIpc) is 2.74. The van der Waals surface area contributed by atoms with Crippen molar-refractivity contribution in [3.8, 4) is 0 Å². The third-order valence-corrected chi connectivity index (χ3v) is 3.77. The Morgan fingerprint density at radius 3 is 2.84 bits per heavy atom. The molecule has 1 N–H and O–H groups in total. The maximum atomic E-state index is 10.9. The summed E-state index contributed by atoms with van der Waals surface area (Å²) in [6.07, 6.45) is 4.38. The molecule has 0 radical (unpaired) electrons. The highest BCUT2D eigenvalue weighted by Gasteiger charge is 2.25. The van der Waals surface area contributed by atoms with E-state index in [1.54, 1.807) is 12.4 Å². The van der Waals surface area contributed by atoms with Crippen LogP contribution in [0.25, 0.3) is 11.0 Å². The van der Waals surface area contributed by atoms with Gasteiger partial charge < -0.3 is 14.6 Å². The number of pyridine rings is 1. The average molecular weight is 260 g/mol. The first-order chi connectivity index (χ1) is 9.16. The Kier molecular flexibility index (Phi) is 2.85. The number of carbonyl (C=O) groups is 1. The SMILES string of the molecule is Cc1nc2cnccc2n1C1CCN(C(=O)O)CC1. The highest BCUT2D eigenvalue weighted by molar-refractivity contribution is 5.74. The van der Waals surface area contributed by atoms with Crippen LogP contribution in [0.3, 0.4) is 0 Å². The van der Waals surface area contributed by atoms with Gasteiger partial charge in [-0.1, -0.05) is 0 Å². The topological polar surface area (TPSA) is 71.2 Å². The monoisotopic (exact) mass is 260 g/mol. The predicted octanol–water partition coefficient (Wildman–Crippen LogP) is 2.05. The Morgan fingerprint density at radius 1 is 1.42 bits per heavy atom. The van der Waals surface area contributed by atoms with Gasteiger partial charge in [-0.15, -0.1) is 0 Å². The second-order valence-corrected chi connectivity index (χ2v) is 4.89. The number of imidazole rings is 1. The molecule has 100 valence electrons. The Hall–Kier alpha value is -2.11.